The first-order valence-electron chi connectivity index (χ1n) is 3.96. The van der Waals surface area contributed by atoms with Crippen LogP contribution in [-0.4, -0.2) is 6.54 Å². The summed E-state index contributed by atoms with van der Waals surface area (Å²) in [5, 5.41) is 4.23. The normalized spacial score (nSPS) is 22.0. The fourth-order valence-electron chi connectivity index (χ4n) is 1.34. The molecule has 0 unspecified atom stereocenters. The minimum atomic E-state index is 0.538. The topological polar surface area (TPSA) is 12.0 Å². The molecular weight excluding hydrogens is 284 g/mol. The second-order valence-corrected chi connectivity index (χ2v) is 4.42. The van der Waals surface area contributed by atoms with Crippen molar-refractivity contribution in [2.24, 2.45) is 0 Å². The molecule has 0 aromatic heterocycles. The quantitative estimate of drug-likeness (QED) is 0.785. The minimum Gasteiger partial charge on any atom is -0.310 e. The van der Waals surface area contributed by atoms with Gasteiger partial charge in [0.1, 0.15) is 0 Å². The Morgan fingerprint density at radius 2 is 2.25 bits per heavy atom. The largest absolute Gasteiger partial charge is 0.310 e. The average molecular weight is 294 g/mol. The molecule has 1 aromatic rings. The highest BCUT2D eigenvalue weighted by Crippen LogP contribution is 2.30. The summed E-state index contributed by atoms with van der Waals surface area (Å²) in [7, 11) is 0. The van der Waals surface area contributed by atoms with Crippen LogP contribution in [0.3, 0.4) is 0 Å². The third kappa shape index (κ3) is 1.47. The van der Waals surface area contributed by atoms with E-state index in [0.29, 0.717) is 6.04 Å². The summed E-state index contributed by atoms with van der Waals surface area (Å²) in [6.45, 7) is 1.13. The molecule has 0 aliphatic carbocycles. The van der Waals surface area contributed by atoms with E-state index in [2.05, 4.69) is 34.0 Å². The van der Waals surface area contributed by atoms with Gasteiger partial charge in [0, 0.05) is 9.61 Å². The lowest BCUT2D eigenvalue weighted by Gasteiger charge is -2.29. The van der Waals surface area contributed by atoms with Gasteiger partial charge in [0.25, 0.3) is 0 Å². The van der Waals surface area contributed by atoms with E-state index in [9.17, 15) is 0 Å². The van der Waals surface area contributed by atoms with Crippen molar-refractivity contribution in [2.75, 3.05) is 6.54 Å². The highest BCUT2D eigenvalue weighted by Gasteiger charge is 2.21. The fraction of sp³-hybridized carbons (Fsp3) is 0.333. The van der Waals surface area contributed by atoms with E-state index in [4.69, 9.17) is 11.6 Å². The third-order valence-electron chi connectivity index (χ3n) is 2.18. The van der Waals surface area contributed by atoms with Gasteiger partial charge in [-0.2, -0.15) is 0 Å². The van der Waals surface area contributed by atoms with Crippen LogP contribution in [0.5, 0.6) is 0 Å². The smallest absolute Gasteiger partial charge is 0.0542 e. The van der Waals surface area contributed by atoms with Gasteiger partial charge in [-0.1, -0.05) is 23.7 Å². The molecule has 64 valence electrons. The third-order valence-corrected chi connectivity index (χ3v) is 4.02. The number of nitrogens with one attached hydrogen (secondary N) is 1. The maximum Gasteiger partial charge on any atom is 0.0542 e. The van der Waals surface area contributed by atoms with Gasteiger partial charge in [-0.15, -0.1) is 0 Å². The number of hydrogen-bond donors (Lipinski definition) is 1. The average Bonchev–Trinajstić information content (AvgIpc) is 1.95. The van der Waals surface area contributed by atoms with Crippen LogP contribution >= 0.6 is 34.2 Å². The van der Waals surface area contributed by atoms with Crippen molar-refractivity contribution >= 4 is 34.2 Å². The zero-order valence-electron chi connectivity index (χ0n) is 6.48. The van der Waals surface area contributed by atoms with E-state index in [0.717, 1.165) is 11.6 Å². The van der Waals surface area contributed by atoms with Crippen molar-refractivity contribution in [3.8, 4) is 0 Å². The highest BCUT2D eigenvalue weighted by atomic mass is 127. The van der Waals surface area contributed by atoms with Crippen LogP contribution in [0.1, 0.15) is 18.0 Å². The Morgan fingerprint density at radius 3 is 2.83 bits per heavy atom. The van der Waals surface area contributed by atoms with Gasteiger partial charge in [-0.3, -0.25) is 0 Å². The molecular formula is C9H9ClIN. The Kier molecular flexibility index (Phi) is 2.57. The fourth-order valence-corrected chi connectivity index (χ4v) is 2.26. The maximum atomic E-state index is 6.00. The first-order valence-corrected chi connectivity index (χ1v) is 5.42. The molecule has 1 fully saturated rings. The molecule has 0 amide bonds. The van der Waals surface area contributed by atoms with Crippen LogP contribution in [-0.2, 0) is 0 Å². The molecule has 0 saturated carbocycles. The van der Waals surface area contributed by atoms with E-state index in [-0.39, 0.29) is 0 Å². The van der Waals surface area contributed by atoms with Crippen molar-refractivity contribution in [1.82, 2.24) is 5.32 Å². The monoisotopic (exact) mass is 293 g/mol. The van der Waals surface area contributed by atoms with Gasteiger partial charge in [0.15, 0.2) is 0 Å². The summed E-state index contributed by atoms with van der Waals surface area (Å²) in [4.78, 5) is 0. The second-order valence-electron chi connectivity index (χ2n) is 2.94. The van der Waals surface area contributed by atoms with E-state index in [1.54, 1.807) is 0 Å². The zero-order valence-corrected chi connectivity index (χ0v) is 9.39. The van der Waals surface area contributed by atoms with Crippen LogP contribution in [0.25, 0.3) is 0 Å². The number of hydrogen-bond acceptors (Lipinski definition) is 1. The molecule has 0 radical (unpaired) electrons. The summed E-state index contributed by atoms with van der Waals surface area (Å²) < 4.78 is 1.19. The van der Waals surface area contributed by atoms with Crippen LogP contribution in [0.4, 0.5) is 0 Å². The lowest BCUT2D eigenvalue weighted by molar-refractivity contribution is 0.382. The van der Waals surface area contributed by atoms with Gasteiger partial charge in [-0.25, -0.2) is 0 Å². The molecule has 1 aliphatic heterocycles. The Labute approximate surface area is 90.6 Å². The lowest BCUT2D eigenvalue weighted by atomic mass is 9.98. The van der Waals surface area contributed by atoms with E-state index < -0.39 is 0 Å². The Hall–Kier alpha value is 0.200. The lowest BCUT2D eigenvalue weighted by Crippen LogP contribution is -2.35. The van der Waals surface area contributed by atoms with Crippen LogP contribution in [0.2, 0.25) is 5.02 Å². The molecule has 2 rings (SSSR count). The van der Waals surface area contributed by atoms with Crippen LogP contribution < -0.4 is 5.32 Å². The molecule has 0 spiro atoms. The first-order chi connectivity index (χ1) is 5.79. The van der Waals surface area contributed by atoms with E-state index >= 15 is 0 Å². The summed E-state index contributed by atoms with van der Waals surface area (Å²) in [5.41, 5.74) is 1.34. The Morgan fingerprint density at radius 1 is 1.50 bits per heavy atom. The molecule has 1 aliphatic rings. The second kappa shape index (κ2) is 3.52. The molecule has 1 saturated heterocycles. The molecule has 1 nitrogen and oxygen atoms in total. The van der Waals surface area contributed by atoms with E-state index in [1.807, 2.05) is 12.1 Å². The van der Waals surface area contributed by atoms with E-state index in [1.165, 1.54) is 15.6 Å². The minimum absolute atomic E-state index is 0.538. The maximum absolute atomic E-state index is 6.00. The number of rotatable bonds is 1. The van der Waals surface area contributed by atoms with Gasteiger partial charge >= 0.3 is 0 Å². The highest BCUT2D eigenvalue weighted by molar-refractivity contribution is 14.1. The molecule has 1 atom stereocenters. The summed E-state index contributed by atoms with van der Waals surface area (Å²) in [6, 6.07) is 6.63. The van der Waals surface area contributed by atoms with Crippen molar-refractivity contribution in [2.45, 2.75) is 12.5 Å². The van der Waals surface area contributed by atoms with Crippen LogP contribution in [0, 0.1) is 3.57 Å². The zero-order chi connectivity index (χ0) is 8.55. The summed E-state index contributed by atoms with van der Waals surface area (Å²) in [6.07, 6.45) is 1.23. The first kappa shape index (κ1) is 8.78. The van der Waals surface area contributed by atoms with Crippen molar-refractivity contribution in [1.29, 1.82) is 0 Å². The number of halogens is 2. The molecule has 1 N–H and O–H groups in total. The predicted molar refractivity (Wildman–Crippen MR) is 59.5 cm³/mol. The van der Waals surface area contributed by atoms with Crippen molar-refractivity contribution < 1.29 is 0 Å². The Balaban J connectivity index is 2.36. The molecule has 1 heterocycles. The number of benzene rings is 1. The summed E-state index contributed by atoms with van der Waals surface area (Å²) in [5.74, 6) is 0. The van der Waals surface area contributed by atoms with Gasteiger partial charge in [-0.05, 0) is 47.2 Å². The van der Waals surface area contributed by atoms with Crippen LogP contribution in [0.15, 0.2) is 18.2 Å². The Bertz CT molecular complexity index is 297. The molecule has 3 heteroatoms. The predicted octanol–water partition coefficient (Wildman–Crippen LogP) is 2.98. The van der Waals surface area contributed by atoms with Crippen molar-refractivity contribution in [3.05, 3.63) is 32.4 Å². The van der Waals surface area contributed by atoms with Crippen molar-refractivity contribution in [3.63, 3.8) is 0 Å². The summed E-state index contributed by atoms with van der Waals surface area (Å²) >= 11 is 8.31. The molecule has 1 aromatic carbocycles. The molecule has 0 bridgehead atoms. The van der Waals surface area contributed by atoms with Gasteiger partial charge in [0.05, 0.1) is 5.02 Å². The molecule has 12 heavy (non-hydrogen) atoms. The van der Waals surface area contributed by atoms with Gasteiger partial charge in [0.2, 0.25) is 0 Å². The standard InChI is InChI=1S/C9H9ClIN/c10-7-3-1-2-6(9(7)11)8-4-5-12-8/h1-3,8,12H,4-5H2/t8-/m0/s1. The van der Waals surface area contributed by atoms with Gasteiger partial charge < -0.3 is 5.32 Å². The SMILES string of the molecule is Clc1cccc([C@@H]2CCN2)c1I.